The second kappa shape index (κ2) is 11.5. The van der Waals surface area contributed by atoms with E-state index in [0.717, 1.165) is 24.3 Å². The summed E-state index contributed by atoms with van der Waals surface area (Å²) < 4.78 is 94.4. The lowest BCUT2D eigenvalue weighted by molar-refractivity contribution is -0.163. The van der Waals surface area contributed by atoms with Crippen LogP contribution in [0.5, 0.6) is 0 Å². The number of nitrogens with one attached hydrogen (secondary N) is 1. The number of anilines is 1. The van der Waals surface area contributed by atoms with E-state index < -0.39 is 45.8 Å². The predicted octanol–water partition coefficient (Wildman–Crippen LogP) is 5.99. The van der Waals surface area contributed by atoms with Crippen LogP contribution in [-0.4, -0.2) is 48.2 Å². The number of rotatable bonds is 6. The summed E-state index contributed by atoms with van der Waals surface area (Å²) in [7, 11) is 0. The zero-order valence-corrected chi connectivity index (χ0v) is 20.6. The van der Waals surface area contributed by atoms with Crippen LogP contribution in [0.4, 0.5) is 32.0 Å². The summed E-state index contributed by atoms with van der Waals surface area (Å²) in [6.45, 7) is 0.943. The fraction of sp³-hybridized carbons (Fsp3) is 0.240. The molecule has 0 saturated carbocycles. The van der Waals surface area contributed by atoms with Crippen molar-refractivity contribution in [3.63, 3.8) is 0 Å². The summed E-state index contributed by atoms with van der Waals surface area (Å²) in [5.41, 5.74) is -4.40. The van der Waals surface area contributed by atoms with E-state index in [9.17, 15) is 35.9 Å². The molecule has 0 unspecified atom stereocenters. The SMILES string of the molecule is O=C(Nc1cccc(Sc2ccc(C=CC(=O)N3CCOCC3)c(C(F)(F)F)c2C(F)(F)F)c1)c1ccno1. The molecule has 14 heteroatoms. The number of aromatic nitrogens is 1. The van der Waals surface area contributed by atoms with Gasteiger partial charge in [0.25, 0.3) is 5.91 Å². The number of benzene rings is 2. The number of carbonyl (C=O) groups excluding carboxylic acids is 2. The quantitative estimate of drug-likeness (QED) is 0.289. The zero-order valence-electron chi connectivity index (χ0n) is 19.8. The first-order valence-corrected chi connectivity index (χ1v) is 12.1. The molecule has 0 aliphatic carbocycles. The Bertz CT molecular complexity index is 1370. The van der Waals surface area contributed by atoms with E-state index in [2.05, 4.69) is 10.5 Å². The Morgan fingerprint density at radius 2 is 1.69 bits per heavy atom. The van der Waals surface area contributed by atoms with Gasteiger partial charge in [0.05, 0.1) is 30.5 Å². The third kappa shape index (κ3) is 7.00. The van der Waals surface area contributed by atoms with Crippen molar-refractivity contribution in [2.24, 2.45) is 0 Å². The van der Waals surface area contributed by atoms with Crippen LogP contribution in [0, 0.1) is 0 Å². The molecule has 0 bridgehead atoms. The van der Waals surface area contributed by atoms with Gasteiger partial charge in [-0.3, -0.25) is 9.59 Å². The molecule has 1 aromatic heterocycles. The average molecular weight is 571 g/mol. The van der Waals surface area contributed by atoms with E-state index in [1.807, 2.05) is 0 Å². The fourth-order valence-corrected chi connectivity index (χ4v) is 4.79. The Balaban J connectivity index is 1.67. The van der Waals surface area contributed by atoms with Gasteiger partial charge in [-0.15, -0.1) is 0 Å². The molecule has 1 N–H and O–H groups in total. The van der Waals surface area contributed by atoms with Crippen molar-refractivity contribution in [1.29, 1.82) is 0 Å². The maximum Gasteiger partial charge on any atom is 0.418 e. The molecule has 1 saturated heterocycles. The summed E-state index contributed by atoms with van der Waals surface area (Å²) in [5.74, 6) is -1.42. The molecule has 2 amide bonds. The first-order chi connectivity index (χ1) is 18.4. The van der Waals surface area contributed by atoms with Gasteiger partial charge >= 0.3 is 12.4 Å². The first-order valence-electron chi connectivity index (χ1n) is 11.3. The monoisotopic (exact) mass is 571 g/mol. The predicted molar refractivity (Wildman–Crippen MR) is 128 cm³/mol. The summed E-state index contributed by atoms with van der Waals surface area (Å²) in [6.07, 6.45) is -7.94. The third-order valence-electron chi connectivity index (χ3n) is 5.48. The van der Waals surface area contributed by atoms with Crippen molar-refractivity contribution in [2.45, 2.75) is 22.1 Å². The zero-order chi connectivity index (χ0) is 28.2. The number of hydrogen-bond acceptors (Lipinski definition) is 6. The highest BCUT2D eigenvalue weighted by atomic mass is 32.2. The molecular weight excluding hydrogens is 552 g/mol. The van der Waals surface area contributed by atoms with Crippen LogP contribution in [0.2, 0.25) is 0 Å². The van der Waals surface area contributed by atoms with Gasteiger partial charge in [0, 0.05) is 40.7 Å². The molecule has 3 aromatic rings. The van der Waals surface area contributed by atoms with Gasteiger partial charge in [-0.05, 0) is 35.9 Å². The molecule has 39 heavy (non-hydrogen) atoms. The summed E-state index contributed by atoms with van der Waals surface area (Å²) in [6, 6.07) is 8.67. The standard InChI is InChI=1S/C25H19F6N3O4S/c26-24(27,28)21-15(5-7-20(35)34-10-12-37-13-11-34)4-6-19(22(21)25(29,30)31)39-17-3-1-2-16(14-17)33-23(36)18-8-9-32-38-18/h1-9,14H,10-13H2,(H,33,36). The molecule has 0 spiro atoms. The van der Waals surface area contributed by atoms with Crippen LogP contribution in [0.1, 0.15) is 27.2 Å². The highest BCUT2D eigenvalue weighted by Gasteiger charge is 2.46. The van der Waals surface area contributed by atoms with E-state index >= 15 is 0 Å². The van der Waals surface area contributed by atoms with Crippen molar-refractivity contribution in [2.75, 3.05) is 31.6 Å². The highest BCUT2D eigenvalue weighted by Crippen LogP contribution is 2.48. The minimum Gasteiger partial charge on any atom is -0.378 e. The van der Waals surface area contributed by atoms with Gasteiger partial charge in [0.2, 0.25) is 11.7 Å². The second-order valence-electron chi connectivity index (χ2n) is 8.13. The Kier molecular flexibility index (Phi) is 8.35. The molecule has 1 fully saturated rings. The smallest absolute Gasteiger partial charge is 0.378 e. The van der Waals surface area contributed by atoms with Gasteiger partial charge < -0.3 is 19.5 Å². The lowest BCUT2D eigenvalue weighted by Gasteiger charge is -2.25. The van der Waals surface area contributed by atoms with Crippen LogP contribution in [0.15, 0.2) is 69.1 Å². The van der Waals surface area contributed by atoms with Crippen LogP contribution < -0.4 is 5.32 Å². The maximum absolute atomic E-state index is 14.1. The Hall–Kier alpha value is -3.78. The summed E-state index contributed by atoms with van der Waals surface area (Å²) >= 11 is 0.446. The van der Waals surface area contributed by atoms with Gasteiger partial charge in [0.1, 0.15) is 0 Å². The minimum atomic E-state index is -5.38. The molecule has 206 valence electrons. The third-order valence-corrected chi connectivity index (χ3v) is 6.53. The molecule has 4 rings (SSSR count). The van der Waals surface area contributed by atoms with Crippen molar-refractivity contribution in [3.05, 3.63) is 77.2 Å². The number of hydrogen-bond donors (Lipinski definition) is 1. The maximum atomic E-state index is 14.1. The number of halogens is 6. The lowest BCUT2D eigenvalue weighted by atomic mass is 9.99. The molecule has 2 aromatic carbocycles. The van der Waals surface area contributed by atoms with Crippen LogP contribution in [-0.2, 0) is 21.9 Å². The van der Waals surface area contributed by atoms with Gasteiger partial charge in [-0.1, -0.05) is 29.1 Å². The topological polar surface area (TPSA) is 84.7 Å². The van der Waals surface area contributed by atoms with E-state index in [1.54, 1.807) is 0 Å². The number of ether oxygens (including phenoxy) is 1. The molecule has 0 atom stereocenters. The van der Waals surface area contributed by atoms with Crippen molar-refractivity contribution < 1.29 is 45.2 Å². The van der Waals surface area contributed by atoms with E-state index in [0.29, 0.717) is 11.8 Å². The van der Waals surface area contributed by atoms with Crippen molar-refractivity contribution in [3.8, 4) is 0 Å². The summed E-state index contributed by atoms with van der Waals surface area (Å²) in [4.78, 5) is 25.3. The Morgan fingerprint density at radius 1 is 0.974 bits per heavy atom. The first kappa shape index (κ1) is 28.2. The molecule has 1 aliphatic rings. The van der Waals surface area contributed by atoms with Crippen LogP contribution >= 0.6 is 11.8 Å². The van der Waals surface area contributed by atoms with E-state index in [4.69, 9.17) is 9.26 Å². The highest BCUT2D eigenvalue weighted by molar-refractivity contribution is 7.99. The van der Waals surface area contributed by atoms with Crippen molar-refractivity contribution >= 4 is 35.3 Å². The fourth-order valence-electron chi connectivity index (χ4n) is 3.75. The number of nitrogens with zero attached hydrogens (tertiary/aromatic N) is 2. The molecule has 2 heterocycles. The number of amides is 2. The largest absolute Gasteiger partial charge is 0.418 e. The summed E-state index contributed by atoms with van der Waals surface area (Å²) in [5, 5.41) is 5.88. The minimum absolute atomic E-state index is 0.113. The van der Waals surface area contributed by atoms with Crippen LogP contribution in [0.25, 0.3) is 6.08 Å². The van der Waals surface area contributed by atoms with Crippen LogP contribution in [0.3, 0.4) is 0 Å². The van der Waals surface area contributed by atoms with Gasteiger partial charge in [-0.25, -0.2) is 0 Å². The molecule has 7 nitrogen and oxygen atoms in total. The Morgan fingerprint density at radius 3 is 2.33 bits per heavy atom. The lowest BCUT2D eigenvalue weighted by Crippen LogP contribution is -2.39. The van der Waals surface area contributed by atoms with E-state index in [-0.39, 0.29) is 42.6 Å². The molecule has 1 aliphatic heterocycles. The van der Waals surface area contributed by atoms with E-state index in [1.165, 1.54) is 41.4 Å². The van der Waals surface area contributed by atoms with Gasteiger partial charge in [-0.2, -0.15) is 26.3 Å². The normalized spacial score (nSPS) is 14.6. The number of alkyl halides is 6. The second-order valence-corrected chi connectivity index (χ2v) is 9.25. The molecule has 0 radical (unpaired) electrons. The molecular formula is C25H19F6N3O4S. The van der Waals surface area contributed by atoms with Crippen molar-refractivity contribution in [1.82, 2.24) is 10.1 Å². The number of morpholine rings is 1. The van der Waals surface area contributed by atoms with Gasteiger partial charge in [0.15, 0.2) is 0 Å². The Labute approximate surface area is 221 Å². The average Bonchev–Trinajstić information content (AvgIpc) is 3.42. The number of carbonyl (C=O) groups is 2.